The van der Waals surface area contributed by atoms with E-state index in [0.717, 1.165) is 22.7 Å². The third kappa shape index (κ3) is 2.55. The van der Waals surface area contributed by atoms with Crippen molar-refractivity contribution in [2.24, 2.45) is 0 Å². The summed E-state index contributed by atoms with van der Waals surface area (Å²) in [4.78, 5) is 16.6. The summed E-state index contributed by atoms with van der Waals surface area (Å²) >= 11 is 0. The van der Waals surface area contributed by atoms with Crippen LogP contribution in [0.2, 0.25) is 0 Å². The Morgan fingerprint density at radius 2 is 2.05 bits per heavy atom. The van der Waals surface area contributed by atoms with Gasteiger partial charge in [-0.2, -0.15) is 0 Å². The topological polar surface area (TPSA) is 64.8 Å². The molecule has 0 bridgehead atoms. The van der Waals surface area contributed by atoms with Gasteiger partial charge in [0.1, 0.15) is 5.75 Å². The molecule has 6 nitrogen and oxygen atoms in total. The molecule has 22 heavy (non-hydrogen) atoms. The largest absolute Gasteiger partial charge is 0.497 e. The number of nitrogens with one attached hydrogen (secondary N) is 1. The van der Waals surface area contributed by atoms with E-state index in [1.54, 1.807) is 24.3 Å². The first-order valence-electron chi connectivity index (χ1n) is 7.16. The number of nitrogens with zero attached hydrogens (tertiary/aromatic N) is 3. The summed E-state index contributed by atoms with van der Waals surface area (Å²) in [7, 11) is 1.62. The van der Waals surface area contributed by atoms with Gasteiger partial charge in [0.05, 0.1) is 31.4 Å². The van der Waals surface area contributed by atoms with Crippen LogP contribution in [-0.2, 0) is 13.0 Å². The minimum Gasteiger partial charge on any atom is -0.497 e. The average molecular weight is 298 g/mol. The van der Waals surface area contributed by atoms with E-state index in [1.807, 2.05) is 42.0 Å². The van der Waals surface area contributed by atoms with Crippen molar-refractivity contribution in [1.82, 2.24) is 19.3 Å². The van der Waals surface area contributed by atoms with Crippen molar-refractivity contribution in [2.75, 3.05) is 7.11 Å². The number of hydrogen-bond acceptors (Lipinski definition) is 3. The molecule has 0 spiro atoms. The molecule has 0 aliphatic rings. The molecule has 0 atom stereocenters. The van der Waals surface area contributed by atoms with E-state index >= 15 is 0 Å². The number of rotatable bonds is 5. The third-order valence-electron chi connectivity index (χ3n) is 3.66. The van der Waals surface area contributed by atoms with Crippen LogP contribution in [0, 0.1) is 0 Å². The molecule has 1 N–H and O–H groups in total. The number of hydrogen-bond donors (Lipinski definition) is 1. The van der Waals surface area contributed by atoms with Crippen LogP contribution in [-0.4, -0.2) is 26.4 Å². The molecule has 0 saturated carbocycles. The lowest BCUT2D eigenvalue weighted by atomic mass is 10.2. The molecule has 2 heterocycles. The van der Waals surface area contributed by atoms with Crippen molar-refractivity contribution in [3.05, 3.63) is 64.6 Å². The van der Waals surface area contributed by atoms with Crippen LogP contribution in [0.25, 0.3) is 5.69 Å². The van der Waals surface area contributed by atoms with E-state index in [0.29, 0.717) is 13.0 Å². The van der Waals surface area contributed by atoms with Crippen LogP contribution >= 0.6 is 0 Å². The van der Waals surface area contributed by atoms with Gasteiger partial charge >= 0.3 is 0 Å². The Hall–Kier alpha value is -2.76. The van der Waals surface area contributed by atoms with Gasteiger partial charge in [0.25, 0.3) is 5.56 Å². The van der Waals surface area contributed by atoms with Gasteiger partial charge in [-0.3, -0.25) is 9.89 Å². The Morgan fingerprint density at radius 1 is 1.27 bits per heavy atom. The standard InChI is InChI=1S/C16H18N4O2/c1-3-14-15(10-19-9-8-17-11-19)18-20(16(14)21)12-4-6-13(22-2)7-5-12/h4-9,11,18H,3,10H2,1-2H3. The lowest BCUT2D eigenvalue weighted by Crippen LogP contribution is -2.16. The predicted molar refractivity (Wildman–Crippen MR) is 83.6 cm³/mol. The van der Waals surface area contributed by atoms with Gasteiger partial charge in [-0.15, -0.1) is 0 Å². The highest BCUT2D eigenvalue weighted by atomic mass is 16.5. The van der Waals surface area contributed by atoms with Crippen molar-refractivity contribution in [3.63, 3.8) is 0 Å². The molecule has 0 aliphatic carbocycles. The lowest BCUT2D eigenvalue weighted by Gasteiger charge is -2.04. The van der Waals surface area contributed by atoms with E-state index < -0.39 is 0 Å². The van der Waals surface area contributed by atoms with Gasteiger partial charge in [0, 0.05) is 18.0 Å². The predicted octanol–water partition coefficient (Wildman–Crippen LogP) is 1.98. The van der Waals surface area contributed by atoms with Crippen LogP contribution in [0.1, 0.15) is 18.2 Å². The summed E-state index contributed by atoms with van der Waals surface area (Å²) in [6.45, 7) is 2.59. The van der Waals surface area contributed by atoms with Crippen LogP contribution in [0.3, 0.4) is 0 Å². The minimum atomic E-state index is -0.0113. The number of ether oxygens (including phenoxy) is 1. The Kier molecular flexibility index (Phi) is 3.82. The van der Waals surface area contributed by atoms with Gasteiger partial charge in [0.15, 0.2) is 0 Å². The average Bonchev–Trinajstić information content (AvgIpc) is 3.16. The molecule has 3 rings (SSSR count). The summed E-state index contributed by atoms with van der Waals surface area (Å²) in [5.41, 5.74) is 2.48. The fraction of sp³-hybridized carbons (Fsp3) is 0.250. The SMILES string of the molecule is CCc1c(Cn2ccnc2)[nH]n(-c2ccc(OC)cc2)c1=O. The fourth-order valence-corrected chi connectivity index (χ4v) is 2.49. The minimum absolute atomic E-state index is 0.0113. The van der Waals surface area contributed by atoms with Gasteiger partial charge < -0.3 is 9.30 Å². The molecule has 114 valence electrons. The smallest absolute Gasteiger partial charge is 0.274 e. The Morgan fingerprint density at radius 3 is 2.64 bits per heavy atom. The summed E-state index contributed by atoms with van der Waals surface area (Å²) in [6.07, 6.45) is 6.03. The molecule has 0 unspecified atom stereocenters. The number of H-pyrrole nitrogens is 1. The van der Waals surface area contributed by atoms with E-state index in [2.05, 4.69) is 10.1 Å². The van der Waals surface area contributed by atoms with Crippen LogP contribution in [0.5, 0.6) is 5.75 Å². The van der Waals surface area contributed by atoms with Crippen molar-refractivity contribution < 1.29 is 4.74 Å². The Balaban J connectivity index is 2.01. The molecule has 0 saturated heterocycles. The highest BCUT2D eigenvalue weighted by molar-refractivity contribution is 5.38. The van der Waals surface area contributed by atoms with Gasteiger partial charge in [-0.1, -0.05) is 6.92 Å². The first kappa shape index (κ1) is 14.2. The zero-order chi connectivity index (χ0) is 15.5. The Labute approximate surface area is 128 Å². The van der Waals surface area contributed by atoms with Crippen LogP contribution < -0.4 is 10.3 Å². The molecule has 0 amide bonds. The highest BCUT2D eigenvalue weighted by Crippen LogP contribution is 2.15. The van der Waals surface area contributed by atoms with E-state index in [1.165, 1.54) is 0 Å². The normalized spacial score (nSPS) is 10.8. The second-order valence-electron chi connectivity index (χ2n) is 5.00. The molecular weight excluding hydrogens is 280 g/mol. The van der Waals surface area contributed by atoms with E-state index in [-0.39, 0.29) is 5.56 Å². The van der Waals surface area contributed by atoms with Crippen molar-refractivity contribution in [3.8, 4) is 11.4 Å². The number of benzene rings is 1. The molecule has 6 heteroatoms. The van der Waals surface area contributed by atoms with Gasteiger partial charge in [-0.05, 0) is 30.7 Å². The van der Waals surface area contributed by atoms with Crippen molar-refractivity contribution in [2.45, 2.75) is 19.9 Å². The molecular formula is C16H18N4O2. The first-order valence-corrected chi connectivity index (χ1v) is 7.16. The summed E-state index contributed by atoms with van der Waals surface area (Å²) in [5, 5.41) is 3.21. The first-order chi connectivity index (χ1) is 10.7. The molecule has 0 aliphatic heterocycles. The number of imidazole rings is 1. The second kappa shape index (κ2) is 5.93. The Bertz CT molecular complexity index is 798. The van der Waals surface area contributed by atoms with Gasteiger partial charge in [0.2, 0.25) is 0 Å². The van der Waals surface area contributed by atoms with E-state index in [4.69, 9.17) is 4.74 Å². The molecule has 1 aromatic carbocycles. The molecule has 0 radical (unpaired) electrons. The maximum atomic E-state index is 12.6. The number of aromatic amines is 1. The van der Waals surface area contributed by atoms with Crippen molar-refractivity contribution >= 4 is 0 Å². The maximum Gasteiger partial charge on any atom is 0.274 e. The summed E-state index contributed by atoms with van der Waals surface area (Å²) in [5.74, 6) is 0.762. The highest BCUT2D eigenvalue weighted by Gasteiger charge is 2.14. The third-order valence-corrected chi connectivity index (χ3v) is 3.66. The zero-order valence-electron chi connectivity index (χ0n) is 12.6. The number of methoxy groups -OCH3 is 1. The van der Waals surface area contributed by atoms with Crippen LogP contribution in [0.15, 0.2) is 47.8 Å². The second-order valence-corrected chi connectivity index (χ2v) is 5.00. The van der Waals surface area contributed by atoms with Crippen molar-refractivity contribution in [1.29, 1.82) is 0 Å². The summed E-state index contributed by atoms with van der Waals surface area (Å²) < 4.78 is 8.65. The maximum absolute atomic E-state index is 12.6. The van der Waals surface area contributed by atoms with E-state index in [9.17, 15) is 4.79 Å². The van der Waals surface area contributed by atoms with Gasteiger partial charge in [-0.25, -0.2) is 9.67 Å². The zero-order valence-corrected chi connectivity index (χ0v) is 12.6. The molecule has 2 aromatic heterocycles. The number of aromatic nitrogens is 4. The lowest BCUT2D eigenvalue weighted by molar-refractivity contribution is 0.414. The fourth-order valence-electron chi connectivity index (χ4n) is 2.49. The van der Waals surface area contributed by atoms with Crippen LogP contribution in [0.4, 0.5) is 0 Å². The molecule has 0 fully saturated rings. The summed E-state index contributed by atoms with van der Waals surface area (Å²) in [6, 6.07) is 7.39. The quantitative estimate of drug-likeness (QED) is 0.783. The molecule has 3 aromatic rings. The monoisotopic (exact) mass is 298 g/mol.